The van der Waals surface area contributed by atoms with E-state index in [-0.39, 0.29) is 0 Å². The molecule has 0 heteroatoms. The van der Waals surface area contributed by atoms with Crippen molar-refractivity contribution in [3.8, 4) is 66.8 Å². The van der Waals surface area contributed by atoms with Crippen molar-refractivity contribution in [1.82, 2.24) is 0 Å². The second-order valence-electron chi connectivity index (χ2n) is 13.5. The summed E-state index contributed by atoms with van der Waals surface area (Å²) >= 11 is 0. The molecular weight excluding hydrogens is 625 g/mol. The van der Waals surface area contributed by atoms with Gasteiger partial charge in [-0.1, -0.05) is 206 Å². The van der Waals surface area contributed by atoms with E-state index in [1.165, 1.54) is 99.1 Å². The molecule has 0 aliphatic rings. The molecule has 52 heavy (non-hydrogen) atoms. The molecule has 0 nitrogen and oxygen atoms in total. The van der Waals surface area contributed by atoms with Crippen LogP contribution in [0.15, 0.2) is 206 Å². The summed E-state index contributed by atoms with van der Waals surface area (Å²) in [6.45, 7) is 0. The molecule has 0 radical (unpaired) electrons. The first-order chi connectivity index (χ1) is 25.8. The van der Waals surface area contributed by atoms with Crippen LogP contribution in [0, 0.1) is 0 Å². The Morgan fingerprint density at radius 3 is 0.885 bits per heavy atom. The zero-order valence-corrected chi connectivity index (χ0v) is 28.6. The van der Waals surface area contributed by atoms with Crippen LogP contribution < -0.4 is 0 Å². The Kier molecular flexibility index (Phi) is 7.25. The van der Waals surface area contributed by atoms with E-state index in [4.69, 9.17) is 0 Å². The van der Waals surface area contributed by atoms with Gasteiger partial charge >= 0.3 is 0 Å². The Labute approximate surface area is 304 Å². The van der Waals surface area contributed by atoms with E-state index in [9.17, 15) is 0 Å². The van der Waals surface area contributed by atoms with Gasteiger partial charge in [0, 0.05) is 0 Å². The predicted molar refractivity (Wildman–Crippen MR) is 223 cm³/mol. The van der Waals surface area contributed by atoms with E-state index in [1.54, 1.807) is 0 Å². The Morgan fingerprint density at radius 2 is 0.500 bits per heavy atom. The first-order valence-electron chi connectivity index (χ1n) is 18.0. The van der Waals surface area contributed by atoms with Crippen molar-refractivity contribution < 1.29 is 0 Å². The molecule has 0 saturated carbocycles. The molecule has 0 fully saturated rings. The second-order valence-corrected chi connectivity index (χ2v) is 13.5. The van der Waals surface area contributed by atoms with E-state index in [2.05, 4.69) is 206 Å². The van der Waals surface area contributed by atoms with Crippen molar-refractivity contribution in [2.45, 2.75) is 0 Å². The molecule has 10 rings (SSSR count). The largest absolute Gasteiger partial charge is 0.0622 e. The molecule has 242 valence electrons. The van der Waals surface area contributed by atoms with Gasteiger partial charge < -0.3 is 0 Å². The van der Waals surface area contributed by atoms with Crippen molar-refractivity contribution >= 4 is 32.3 Å². The zero-order valence-electron chi connectivity index (χ0n) is 28.6. The molecule has 0 bridgehead atoms. The number of hydrogen-bond acceptors (Lipinski definition) is 0. The van der Waals surface area contributed by atoms with Gasteiger partial charge in [-0.15, -0.1) is 0 Å². The molecule has 10 aromatic carbocycles. The third kappa shape index (κ3) is 4.84. The number of benzene rings is 10. The minimum absolute atomic E-state index is 1.19. The van der Waals surface area contributed by atoms with Gasteiger partial charge in [0.05, 0.1) is 0 Å². The highest BCUT2D eigenvalue weighted by atomic mass is 14.3. The molecule has 10 aromatic rings. The van der Waals surface area contributed by atoms with Gasteiger partial charge in [-0.25, -0.2) is 0 Å². The third-order valence-electron chi connectivity index (χ3n) is 10.6. The van der Waals surface area contributed by atoms with E-state index < -0.39 is 0 Å². The molecule has 0 atom stereocenters. The van der Waals surface area contributed by atoms with Crippen molar-refractivity contribution in [2.24, 2.45) is 0 Å². The summed E-state index contributed by atoms with van der Waals surface area (Å²) < 4.78 is 0. The summed E-state index contributed by atoms with van der Waals surface area (Å²) in [7, 11) is 0. The van der Waals surface area contributed by atoms with Crippen molar-refractivity contribution in [3.63, 3.8) is 0 Å². The van der Waals surface area contributed by atoms with E-state index in [0.717, 1.165) is 0 Å². The third-order valence-corrected chi connectivity index (χ3v) is 10.6. The summed E-state index contributed by atoms with van der Waals surface area (Å²) in [5.74, 6) is 0. The molecule has 0 saturated heterocycles. The van der Waals surface area contributed by atoms with Crippen LogP contribution in [0.25, 0.3) is 99.1 Å². The standard InChI is InChI=1S/C52H34/c1-6-17-35(18-7-1)47-48(36-19-8-2-9-20-36)50(38-23-12-4-13-24-38)52(51(39-25-14-5-15-26-39)49(47)37-21-10-3-11-22-37)44-34-32-42-30-29-40-27-16-28-41-31-33-43(44)46(42)45(40)41/h1-34H. The van der Waals surface area contributed by atoms with Gasteiger partial charge in [-0.2, -0.15) is 0 Å². The first-order valence-corrected chi connectivity index (χ1v) is 18.0. The molecule has 0 spiro atoms. The van der Waals surface area contributed by atoms with Crippen LogP contribution in [0.5, 0.6) is 0 Å². The fraction of sp³-hybridized carbons (Fsp3) is 0. The summed E-state index contributed by atoms with van der Waals surface area (Å²) in [6.07, 6.45) is 0. The normalized spacial score (nSPS) is 11.5. The van der Waals surface area contributed by atoms with Crippen LogP contribution in [0.1, 0.15) is 0 Å². The first kappa shape index (κ1) is 30.1. The van der Waals surface area contributed by atoms with Crippen molar-refractivity contribution in [2.75, 3.05) is 0 Å². The van der Waals surface area contributed by atoms with Gasteiger partial charge in [0.2, 0.25) is 0 Å². The predicted octanol–water partition coefficient (Wildman–Crippen LogP) is 14.6. The van der Waals surface area contributed by atoms with Crippen molar-refractivity contribution in [1.29, 1.82) is 0 Å². The molecule has 0 aromatic heterocycles. The SMILES string of the molecule is c1ccc(-c2c(-c3ccccc3)c(-c3ccccc3)c(-c3ccc4ccc5cccc6ccc3c4c56)c(-c3ccccc3)c2-c2ccccc2)cc1. The average Bonchev–Trinajstić information content (AvgIpc) is 3.23. The highest BCUT2D eigenvalue weighted by molar-refractivity contribution is 6.27. The molecule has 0 amide bonds. The maximum atomic E-state index is 2.38. The molecular formula is C52H34. The fourth-order valence-electron chi connectivity index (χ4n) is 8.44. The topological polar surface area (TPSA) is 0 Å². The quantitative estimate of drug-likeness (QED) is 0.156. The van der Waals surface area contributed by atoms with Crippen LogP contribution in [0.2, 0.25) is 0 Å². The minimum Gasteiger partial charge on any atom is -0.0622 e. The Hall–Kier alpha value is -6.76. The Balaban J connectivity index is 1.52. The van der Waals surface area contributed by atoms with Gasteiger partial charge in [-0.05, 0) is 99.1 Å². The van der Waals surface area contributed by atoms with E-state index in [1.807, 2.05) is 0 Å². The summed E-state index contributed by atoms with van der Waals surface area (Å²) in [6, 6.07) is 75.7. The number of hydrogen-bond donors (Lipinski definition) is 0. The fourth-order valence-corrected chi connectivity index (χ4v) is 8.44. The minimum atomic E-state index is 1.19. The van der Waals surface area contributed by atoms with Crippen molar-refractivity contribution in [3.05, 3.63) is 206 Å². The van der Waals surface area contributed by atoms with E-state index in [0.29, 0.717) is 0 Å². The highest BCUT2D eigenvalue weighted by Crippen LogP contribution is 2.57. The average molecular weight is 659 g/mol. The molecule has 0 heterocycles. The smallest absolute Gasteiger partial charge is 0.000763 e. The lowest BCUT2D eigenvalue weighted by Gasteiger charge is -2.29. The zero-order chi connectivity index (χ0) is 34.4. The van der Waals surface area contributed by atoms with Crippen LogP contribution in [0.3, 0.4) is 0 Å². The van der Waals surface area contributed by atoms with Crippen LogP contribution in [0.4, 0.5) is 0 Å². The lowest BCUT2D eigenvalue weighted by atomic mass is 9.73. The van der Waals surface area contributed by atoms with Gasteiger partial charge in [0.25, 0.3) is 0 Å². The summed E-state index contributed by atoms with van der Waals surface area (Å²) in [5.41, 5.74) is 14.6. The Bertz CT molecular complexity index is 2720. The molecule has 0 unspecified atom stereocenters. The molecule has 0 N–H and O–H groups in total. The number of rotatable bonds is 6. The van der Waals surface area contributed by atoms with Gasteiger partial charge in [0.1, 0.15) is 0 Å². The maximum absolute atomic E-state index is 2.38. The van der Waals surface area contributed by atoms with Gasteiger partial charge in [-0.3, -0.25) is 0 Å². The highest BCUT2D eigenvalue weighted by Gasteiger charge is 2.30. The second kappa shape index (κ2) is 12.5. The van der Waals surface area contributed by atoms with Gasteiger partial charge in [0.15, 0.2) is 0 Å². The van der Waals surface area contributed by atoms with Crippen LogP contribution >= 0.6 is 0 Å². The molecule has 0 aliphatic carbocycles. The molecule has 0 aliphatic heterocycles. The lowest BCUT2D eigenvalue weighted by Crippen LogP contribution is -2.02. The Morgan fingerprint density at radius 1 is 0.192 bits per heavy atom. The van der Waals surface area contributed by atoms with Crippen LogP contribution in [-0.4, -0.2) is 0 Å². The van der Waals surface area contributed by atoms with E-state index >= 15 is 0 Å². The monoisotopic (exact) mass is 658 g/mol. The summed E-state index contributed by atoms with van der Waals surface area (Å²) in [4.78, 5) is 0. The summed E-state index contributed by atoms with van der Waals surface area (Å²) in [5, 5.41) is 7.72. The lowest BCUT2D eigenvalue weighted by molar-refractivity contribution is 1.52. The maximum Gasteiger partial charge on any atom is -0.000763 e. The van der Waals surface area contributed by atoms with Crippen LogP contribution in [-0.2, 0) is 0 Å².